The molecule has 90 valence electrons. The van der Waals surface area contributed by atoms with E-state index in [4.69, 9.17) is 5.11 Å². The van der Waals surface area contributed by atoms with Crippen molar-refractivity contribution < 1.29 is 18.6 Å². The molecule has 1 saturated carbocycles. The molecule has 0 heterocycles. The Hall–Kier alpha value is -0.170. The monoisotopic (exact) mass is 237 g/mol. The van der Waals surface area contributed by atoms with Crippen molar-refractivity contribution in [3.63, 3.8) is 0 Å². The van der Waals surface area contributed by atoms with E-state index < -0.39 is 22.7 Å². The summed E-state index contributed by atoms with van der Waals surface area (Å²) in [7, 11) is -3.29. The average Bonchev–Trinajstić information content (AvgIpc) is 2.64. The molecule has 1 aliphatic carbocycles. The van der Waals surface area contributed by atoms with Crippen molar-refractivity contribution in [1.82, 2.24) is 4.31 Å². The maximum Gasteiger partial charge on any atom is 0.211 e. The second-order valence-electron chi connectivity index (χ2n) is 4.11. The highest BCUT2D eigenvalue weighted by atomic mass is 32.2. The maximum absolute atomic E-state index is 11.5. The Morgan fingerprint density at radius 3 is 2.33 bits per heavy atom. The van der Waals surface area contributed by atoms with Crippen LogP contribution in [0.4, 0.5) is 0 Å². The maximum atomic E-state index is 11.5. The van der Waals surface area contributed by atoms with Gasteiger partial charge >= 0.3 is 0 Å². The zero-order valence-electron chi connectivity index (χ0n) is 8.96. The molecule has 1 aliphatic rings. The summed E-state index contributed by atoms with van der Waals surface area (Å²) in [6.45, 7) is -0.404. The lowest BCUT2D eigenvalue weighted by molar-refractivity contribution is 0.0717. The van der Waals surface area contributed by atoms with Crippen LogP contribution in [-0.4, -0.2) is 54.5 Å². The van der Waals surface area contributed by atoms with Crippen LogP contribution in [0.25, 0.3) is 0 Å². The molecular formula is C9H19NO4S. The molecule has 6 heteroatoms. The summed E-state index contributed by atoms with van der Waals surface area (Å²) in [6.07, 6.45) is 3.93. The first-order valence-corrected chi connectivity index (χ1v) is 7.05. The van der Waals surface area contributed by atoms with E-state index in [1.807, 2.05) is 0 Å². The molecule has 0 aromatic carbocycles. The first kappa shape index (κ1) is 12.9. The summed E-state index contributed by atoms with van der Waals surface area (Å²) in [5.74, 6) is 0. The Morgan fingerprint density at radius 1 is 1.40 bits per heavy atom. The number of sulfonamides is 1. The van der Waals surface area contributed by atoms with E-state index in [1.54, 1.807) is 0 Å². The van der Waals surface area contributed by atoms with Gasteiger partial charge in [-0.25, -0.2) is 8.42 Å². The summed E-state index contributed by atoms with van der Waals surface area (Å²) in [4.78, 5) is 0. The van der Waals surface area contributed by atoms with Crippen molar-refractivity contribution in [2.45, 2.75) is 37.8 Å². The van der Waals surface area contributed by atoms with E-state index in [1.165, 1.54) is 4.31 Å². The second kappa shape index (κ2) is 5.25. The number of hydrogen-bond donors (Lipinski definition) is 2. The van der Waals surface area contributed by atoms with E-state index >= 15 is 0 Å². The standard InChI is InChI=1S/C9H19NO4S/c1-15(13,14)10(6-9(12)7-11)8-4-2-3-5-8/h8-9,11-12H,2-7H2,1H3. The highest BCUT2D eigenvalue weighted by molar-refractivity contribution is 7.88. The van der Waals surface area contributed by atoms with Crippen molar-refractivity contribution in [2.24, 2.45) is 0 Å². The first-order chi connectivity index (χ1) is 6.95. The molecule has 15 heavy (non-hydrogen) atoms. The van der Waals surface area contributed by atoms with Gasteiger partial charge in [-0.15, -0.1) is 0 Å². The third-order valence-electron chi connectivity index (χ3n) is 2.76. The average molecular weight is 237 g/mol. The molecule has 1 rings (SSSR count). The number of nitrogens with zero attached hydrogens (tertiary/aromatic N) is 1. The Bertz CT molecular complexity index is 284. The minimum absolute atomic E-state index is 0.000000000000000222. The summed E-state index contributed by atoms with van der Waals surface area (Å²) < 4.78 is 24.3. The predicted molar refractivity (Wildman–Crippen MR) is 56.9 cm³/mol. The van der Waals surface area contributed by atoms with Gasteiger partial charge in [0.05, 0.1) is 19.0 Å². The predicted octanol–water partition coefficient (Wildman–Crippen LogP) is -0.456. The Morgan fingerprint density at radius 2 is 1.93 bits per heavy atom. The molecule has 0 amide bonds. The van der Waals surface area contributed by atoms with Gasteiger partial charge in [-0.05, 0) is 12.8 Å². The van der Waals surface area contributed by atoms with Gasteiger partial charge < -0.3 is 10.2 Å². The fourth-order valence-corrected chi connectivity index (χ4v) is 3.21. The number of aliphatic hydroxyl groups is 2. The molecule has 0 aliphatic heterocycles. The normalized spacial score (nSPS) is 21.1. The van der Waals surface area contributed by atoms with Crippen LogP contribution in [0.3, 0.4) is 0 Å². The van der Waals surface area contributed by atoms with Gasteiger partial charge in [0.25, 0.3) is 0 Å². The van der Waals surface area contributed by atoms with Crippen molar-refractivity contribution in [3.05, 3.63) is 0 Å². The highest BCUT2D eigenvalue weighted by Crippen LogP contribution is 2.25. The van der Waals surface area contributed by atoms with E-state index in [0.717, 1.165) is 31.9 Å². The Balaban J connectivity index is 2.69. The summed E-state index contributed by atoms with van der Waals surface area (Å²) >= 11 is 0. The summed E-state index contributed by atoms with van der Waals surface area (Å²) in [6, 6.07) is 0.00111. The molecule has 0 bridgehead atoms. The van der Waals surface area contributed by atoms with E-state index in [0.29, 0.717) is 0 Å². The molecule has 1 atom stereocenters. The Kier molecular flexibility index (Phi) is 4.51. The molecule has 0 aromatic heterocycles. The number of rotatable bonds is 5. The molecule has 1 fully saturated rings. The molecule has 0 saturated heterocycles. The van der Waals surface area contributed by atoms with Crippen LogP contribution in [-0.2, 0) is 10.0 Å². The fraction of sp³-hybridized carbons (Fsp3) is 1.00. The minimum Gasteiger partial charge on any atom is -0.394 e. The van der Waals surface area contributed by atoms with E-state index in [9.17, 15) is 13.5 Å². The van der Waals surface area contributed by atoms with Crippen LogP contribution in [0.2, 0.25) is 0 Å². The smallest absolute Gasteiger partial charge is 0.211 e. The van der Waals surface area contributed by atoms with Crippen molar-refractivity contribution in [2.75, 3.05) is 19.4 Å². The van der Waals surface area contributed by atoms with Crippen LogP contribution < -0.4 is 0 Å². The van der Waals surface area contributed by atoms with Gasteiger partial charge in [-0.3, -0.25) is 0 Å². The minimum atomic E-state index is -3.29. The molecular weight excluding hydrogens is 218 g/mol. The molecule has 1 unspecified atom stereocenters. The third kappa shape index (κ3) is 3.71. The largest absolute Gasteiger partial charge is 0.394 e. The second-order valence-corrected chi connectivity index (χ2v) is 6.04. The third-order valence-corrected chi connectivity index (χ3v) is 4.06. The van der Waals surface area contributed by atoms with Crippen molar-refractivity contribution in [3.8, 4) is 0 Å². The molecule has 0 aromatic rings. The first-order valence-electron chi connectivity index (χ1n) is 5.21. The van der Waals surface area contributed by atoms with Gasteiger partial charge in [0.2, 0.25) is 10.0 Å². The van der Waals surface area contributed by atoms with Crippen LogP contribution in [0, 0.1) is 0 Å². The molecule has 0 radical (unpaired) electrons. The van der Waals surface area contributed by atoms with Gasteiger partial charge in [0.15, 0.2) is 0 Å². The fourth-order valence-electron chi connectivity index (χ4n) is 2.01. The van der Waals surface area contributed by atoms with Gasteiger partial charge in [-0.1, -0.05) is 12.8 Å². The summed E-state index contributed by atoms with van der Waals surface area (Å²) in [5, 5.41) is 18.0. The quantitative estimate of drug-likeness (QED) is 0.678. The number of hydrogen-bond acceptors (Lipinski definition) is 4. The number of aliphatic hydroxyl groups excluding tert-OH is 2. The summed E-state index contributed by atoms with van der Waals surface area (Å²) in [5.41, 5.74) is 0. The highest BCUT2D eigenvalue weighted by Gasteiger charge is 2.30. The van der Waals surface area contributed by atoms with Crippen LogP contribution in [0.5, 0.6) is 0 Å². The van der Waals surface area contributed by atoms with E-state index in [-0.39, 0.29) is 12.6 Å². The van der Waals surface area contributed by atoms with Gasteiger partial charge in [0, 0.05) is 12.6 Å². The molecule has 5 nitrogen and oxygen atoms in total. The molecule has 0 spiro atoms. The molecule has 2 N–H and O–H groups in total. The van der Waals surface area contributed by atoms with Gasteiger partial charge in [0.1, 0.15) is 0 Å². The SMILES string of the molecule is CS(=O)(=O)N(CC(O)CO)C1CCCC1. The zero-order chi connectivity index (χ0) is 11.5. The lowest BCUT2D eigenvalue weighted by Gasteiger charge is -2.27. The van der Waals surface area contributed by atoms with Crippen molar-refractivity contribution in [1.29, 1.82) is 0 Å². The topological polar surface area (TPSA) is 77.8 Å². The lowest BCUT2D eigenvalue weighted by Crippen LogP contribution is -2.43. The van der Waals surface area contributed by atoms with Crippen molar-refractivity contribution >= 4 is 10.0 Å². The van der Waals surface area contributed by atoms with Crippen LogP contribution in [0.15, 0.2) is 0 Å². The zero-order valence-corrected chi connectivity index (χ0v) is 9.78. The van der Waals surface area contributed by atoms with Crippen LogP contribution >= 0.6 is 0 Å². The van der Waals surface area contributed by atoms with E-state index in [2.05, 4.69) is 0 Å². The lowest BCUT2D eigenvalue weighted by atomic mass is 10.2. The van der Waals surface area contributed by atoms with Gasteiger partial charge in [-0.2, -0.15) is 4.31 Å². The Labute approximate surface area is 90.8 Å². The van der Waals surface area contributed by atoms with Crippen LogP contribution in [0.1, 0.15) is 25.7 Å².